The molecule has 0 aromatic heterocycles. The average molecular weight is 202 g/mol. The summed E-state index contributed by atoms with van der Waals surface area (Å²) in [6.45, 7) is 3.55. The summed E-state index contributed by atoms with van der Waals surface area (Å²) in [5, 5.41) is 3.61. The fourth-order valence-corrected chi connectivity index (χ4v) is 2.45. The van der Waals surface area contributed by atoms with Crippen LogP contribution in [-0.4, -0.2) is 30.6 Å². The minimum Gasteiger partial charge on any atom is -0.308 e. The molecule has 1 aliphatic heterocycles. The van der Waals surface area contributed by atoms with Crippen LogP contribution in [0.15, 0.2) is 30.3 Å². The van der Waals surface area contributed by atoms with E-state index >= 15 is 0 Å². The van der Waals surface area contributed by atoms with E-state index in [4.69, 9.17) is 0 Å². The largest absolute Gasteiger partial charge is 0.308 e. The monoisotopic (exact) mass is 202 g/mol. The van der Waals surface area contributed by atoms with Crippen molar-refractivity contribution in [1.29, 1.82) is 0 Å². The molecule has 1 aliphatic carbocycles. The lowest BCUT2D eigenvalue weighted by Crippen LogP contribution is -2.46. The molecule has 2 nitrogen and oxygen atoms in total. The van der Waals surface area contributed by atoms with Crippen LogP contribution in [0.25, 0.3) is 0 Å². The highest BCUT2D eigenvalue weighted by molar-refractivity contribution is 5.20. The van der Waals surface area contributed by atoms with Crippen LogP contribution in [0.3, 0.4) is 0 Å². The highest BCUT2D eigenvalue weighted by atomic mass is 15.2. The third-order valence-corrected chi connectivity index (χ3v) is 3.47. The zero-order valence-corrected chi connectivity index (χ0v) is 9.02. The van der Waals surface area contributed by atoms with Gasteiger partial charge in [0.2, 0.25) is 0 Å². The van der Waals surface area contributed by atoms with Crippen molar-refractivity contribution in [2.75, 3.05) is 19.6 Å². The van der Waals surface area contributed by atoms with Crippen LogP contribution in [-0.2, 0) is 0 Å². The Kier molecular flexibility index (Phi) is 2.47. The van der Waals surface area contributed by atoms with Crippen LogP contribution >= 0.6 is 0 Å². The predicted molar refractivity (Wildman–Crippen MR) is 61.8 cm³/mol. The van der Waals surface area contributed by atoms with Crippen LogP contribution in [0.2, 0.25) is 0 Å². The van der Waals surface area contributed by atoms with E-state index in [1.165, 1.54) is 31.5 Å². The van der Waals surface area contributed by atoms with E-state index in [1.54, 1.807) is 0 Å². The lowest BCUT2D eigenvalue weighted by Gasteiger charge is -2.34. The second-order valence-electron chi connectivity index (χ2n) is 4.64. The molecule has 2 aliphatic rings. The van der Waals surface area contributed by atoms with Crippen molar-refractivity contribution in [3.63, 3.8) is 0 Å². The zero-order valence-electron chi connectivity index (χ0n) is 9.02. The molecule has 15 heavy (non-hydrogen) atoms. The van der Waals surface area contributed by atoms with Gasteiger partial charge < -0.3 is 5.32 Å². The fraction of sp³-hybridized carbons (Fsp3) is 0.538. The van der Waals surface area contributed by atoms with Gasteiger partial charge in [-0.25, -0.2) is 0 Å². The Labute approximate surface area is 91.3 Å². The van der Waals surface area contributed by atoms with Crippen LogP contribution in [0.5, 0.6) is 0 Å². The van der Waals surface area contributed by atoms with Gasteiger partial charge in [0.15, 0.2) is 0 Å². The standard InChI is InChI=1S/C13H18N2/c1-2-4-11(5-3-1)13-10-15(9-8-14-13)12-6-7-12/h1-5,12-14H,6-10H2/t13-/m1/s1. The summed E-state index contributed by atoms with van der Waals surface area (Å²) in [4.78, 5) is 2.65. The summed E-state index contributed by atoms with van der Waals surface area (Å²) in [5.41, 5.74) is 1.43. The van der Waals surface area contributed by atoms with Gasteiger partial charge in [-0.05, 0) is 18.4 Å². The maximum absolute atomic E-state index is 3.61. The van der Waals surface area contributed by atoms with E-state index in [0.29, 0.717) is 6.04 Å². The topological polar surface area (TPSA) is 15.3 Å². The third kappa shape index (κ3) is 2.06. The summed E-state index contributed by atoms with van der Waals surface area (Å²) in [6, 6.07) is 12.3. The van der Waals surface area contributed by atoms with E-state index in [9.17, 15) is 0 Å². The summed E-state index contributed by atoms with van der Waals surface area (Å²) in [5.74, 6) is 0. The van der Waals surface area contributed by atoms with Crippen LogP contribution < -0.4 is 5.32 Å². The van der Waals surface area contributed by atoms with Gasteiger partial charge in [-0.3, -0.25) is 4.90 Å². The molecule has 1 aromatic rings. The Hall–Kier alpha value is -0.860. The van der Waals surface area contributed by atoms with E-state index in [2.05, 4.69) is 40.5 Å². The third-order valence-electron chi connectivity index (χ3n) is 3.47. The maximum atomic E-state index is 3.61. The van der Waals surface area contributed by atoms with Crippen molar-refractivity contribution in [1.82, 2.24) is 10.2 Å². The van der Waals surface area contributed by atoms with Crippen molar-refractivity contribution in [2.45, 2.75) is 24.9 Å². The van der Waals surface area contributed by atoms with E-state index in [0.717, 1.165) is 12.6 Å². The van der Waals surface area contributed by atoms with Gasteiger partial charge in [0.25, 0.3) is 0 Å². The molecule has 0 unspecified atom stereocenters. The molecule has 1 aromatic carbocycles. The Morgan fingerprint density at radius 2 is 1.93 bits per heavy atom. The zero-order chi connectivity index (χ0) is 10.1. The molecule has 0 radical (unpaired) electrons. The number of nitrogens with one attached hydrogen (secondary N) is 1. The minimum atomic E-state index is 0.542. The van der Waals surface area contributed by atoms with Gasteiger partial charge in [-0.2, -0.15) is 0 Å². The number of piperazine rings is 1. The molecule has 2 heteroatoms. The summed E-state index contributed by atoms with van der Waals surface area (Å²) < 4.78 is 0. The summed E-state index contributed by atoms with van der Waals surface area (Å²) in [7, 11) is 0. The molecule has 0 amide bonds. The highest BCUT2D eigenvalue weighted by Crippen LogP contribution is 2.29. The molecule has 1 heterocycles. The van der Waals surface area contributed by atoms with Crippen molar-refractivity contribution in [2.24, 2.45) is 0 Å². The van der Waals surface area contributed by atoms with Crippen LogP contribution in [0.1, 0.15) is 24.4 Å². The van der Waals surface area contributed by atoms with Gasteiger partial charge >= 0.3 is 0 Å². The molecular formula is C13H18N2. The molecule has 1 atom stereocenters. The lowest BCUT2D eigenvalue weighted by molar-refractivity contribution is 0.192. The van der Waals surface area contributed by atoms with Crippen LogP contribution in [0, 0.1) is 0 Å². The molecule has 80 valence electrons. The SMILES string of the molecule is c1ccc([C@H]2CN(C3CC3)CCN2)cc1. The molecule has 1 saturated heterocycles. The average Bonchev–Trinajstić information content (AvgIpc) is 3.14. The van der Waals surface area contributed by atoms with Crippen LogP contribution in [0.4, 0.5) is 0 Å². The molecule has 0 bridgehead atoms. The van der Waals surface area contributed by atoms with Gasteiger partial charge in [0, 0.05) is 31.7 Å². The normalized spacial score (nSPS) is 27.9. The van der Waals surface area contributed by atoms with Crippen molar-refractivity contribution < 1.29 is 0 Å². The fourth-order valence-electron chi connectivity index (χ4n) is 2.45. The van der Waals surface area contributed by atoms with E-state index in [-0.39, 0.29) is 0 Å². The van der Waals surface area contributed by atoms with E-state index in [1.807, 2.05) is 0 Å². The molecule has 1 N–H and O–H groups in total. The quantitative estimate of drug-likeness (QED) is 0.786. The Morgan fingerprint density at radius 1 is 1.13 bits per heavy atom. The Morgan fingerprint density at radius 3 is 2.67 bits per heavy atom. The molecule has 3 rings (SSSR count). The smallest absolute Gasteiger partial charge is 0.0449 e. The predicted octanol–water partition coefficient (Wildman–Crippen LogP) is 1.80. The molecular weight excluding hydrogens is 184 g/mol. The molecule has 1 saturated carbocycles. The summed E-state index contributed by atoms with van der Waals surface area (Å²) in [6.07, 6.45) is 2.84. The van der Waals surface area contributed by atoms with E-state index < -0.39 is 0 Å². The first-order valence-corrected chi connectivity index (χ1v) is 5.96. The van der Waals surface area contributed by atoms with Crippen molar-refractivity contribution in [3.8, 4) is 0 Å². The lowest BCUT2D eigenvalue weighted by atomic mass is 10.0. The second kappa shape index (κ2) is 3.95. The number of nitrogens with zero attached hydrogens (tertiary/aromatic N) is 1. The first-order valence-electron chi connectivity index (χ1n) is 5.96. The maximum Gasteiger partial charge on any atom is 0.0449 e. The van der Waals surface area contributed by atoms with Crippen molar-refractivity contribution >= 4 is 0 Å². The number of hydrogen-bond donors (Lipinski definition) is 1. The minimum absolute atomic E-state index is 0.542. The first-order chi connectivity index (χ1) is 7.43. The Balaban J connectivity index is 1.70. The highest BCUT2D eigenvalue weighted by Gasteiger charge is 2.32. The summed E-state index contributed by atoms with van der Waals surface area (Å²) >= 11 is 0. The molecule has 2 fully saturated rings. The van der Waals surface area contributed by atoms with Gasteiger partial charge in [0.1, 0.15) is 0 Å². The van der Waals surface area contributed by atoms with Gasteiger partial charge in [0.05, 0.1) is 0 Å². The number of benzene rings is 1. The number of rotatable bonds is 2. The number of hydrogen-bond acceptors (Lipinski definition) is 2. The Bertz CT molecular complexity index is 319. The first kappa shape index (κ1) is 9.37. The second-order valence-corrected chi connectivity index (χ2v) is 4.64. The van der Waals surface area contributed by atoms with Gasteiger partial charge in [-0.15, -0.1) is 0 Å². The van der Waals surface area contributed by atoms with Crippen molar-refractivity contribution in [3.05, 3.63) is 35.9 Å². The van der Waals surface area contributed by atoms with Gasteiger partial charge in [-0.1, -0.05) is 30.3 Å². The molecule has 0 spiro atoms.